The number of anilines is 1. The molecule has 0 saturated carbocycles. The van der Waals surface area contributed by atoms with Crippen molar-refractivity contribution in [2.24, 2.45) is 0 Å². The number of pyridine rings is 1. The topological polar surface area (TPSA) is 59.9 Å². The Morgan fingerprint density at radius 3 is 2.81 bits per heavy atom. The average Bonchev–Trinajstić information content (AvgIpc) is 2.49. The number of rotatable bonds is 6. The molecule has 0 radical (unpaired) electrons. The van der Waals surface area contributed by atoms with Gasteiger partial charge in [0.15, 0.2) is 5.82 Å². The van der Waals surface area contributed by atoms with Gasteiger partial charge in [-0.25, -0.2) is 9.97 Å². The molecule has 5 nitrogen and oxygen atoms in total. The number of aryl methyl sites for hydroxylation is 1. The van der Waals surface area contributed by atoms with Crippen molar-refractivity contribution in [3.63, 3.8) is 0 Å². The number of aromatic nitrogens is 3. The first kappa shape index (κ1) is 15.9. The zero-order valence-electron chi connectivity index (χ0n) is 12.5. The third-order valence-corrected chi connectivity index (χ3v) is 3.80. The van der Waals surface area contributed by atoms with E-state index < -0.39 is 0 Å². The van der Waals surface area contributed by atoms with Gasteiger partial charge in [0.1, 0.15) is 11.5 Å². The zero-order valence-corrected chi connectivity index (χ0v) is 14.1. The lowest BCUT2D eigenvalue weighted by Gasteiger charge is -2.13. The monoisotopic (exact) mass is 350 g/mol. The molecule has 21 heavy (non-hydrogen) atoms. The first-order valence-electron chi connectivity index (χ1n) is 6.88. The Labute approximate surface area is 133 Å². The van der Waals surface area contributed by atoms with Crippen LogP contribution in [0.2, 0.25) is 0 Å². The smallest absolute Gasteiger partial charge is 0.180 e. The maximum absolute atomic E-state index is 5.22. The van der Waals surface area contributed by atoms with Crippen LogP contribution in [0.3, 0.4) is 0 Å². The highest BCUT2D eigenvalue weighted by molar-refractivity contribution is 9.10. The first-order valence-corrected chi connectivity index (χ1v) is 7.67. The summed E-state index contributed by atoms with van der Waals surface area (Å²) in [5.74, 6) is 1.39. The number of ether oxygens (including phenoxy) is 1. The molecule has 2 heterocycles. The number of nitrogens with one attached hydrogen (secondary N) is 1. The molecule has 112 valence electrons. The third kappa shape index (κ3) is 3.77. The van der Waals surface area contributed by atoms with Crippen molar-refractivity contribution in [1.82, 2.24) is 15.0 Å². The van der Waals surface area contributed by atoms with Gasteiger partial charge < -0.3 is 10.1 Å². The number of methoxy groups -OCH3 is 1. The summed E-state index contributed by atoms with van der Waals surface area (Å²) in [6.07, 6.45) is 2.77. The molecule has 0 bridgehead atoms. The fraction of sp³-hybridized carbons (Fsp3) is 0.400. The van der Waals surface area contributed by atoms with E-state index in [1.54, 1.807) is 13.3 Å². The molecule has 0 aliphatic heterocycles. The van der Waals surface area contributed by atoms with Crippen LogP contribution in [0.15, 0.2) is 22.8 Å². The molecule has 0 aliphatic carbocycles. The Balaban J connectivity index is 2.50. The van der Waals surface area contributed by atoms with Gasteiger partial charge in [-0.3, -0.25) is 4.98 Å². The molecule has 0 fully saturated rings. The van der Waals surface area contributed by atoms with Gasteiger partial charge in [0, 0.05) is 19.9 Å². The Bertz CT molecular complexity index is 619. The predicted octanol–water partition coefficient (Wildman–Crippen LogP) is 3.58. The van der Waals surface area contributed by atoms with E-state index in [4.69, 9.17) is 4.74 Å². The minimum absolute atomic E-state index is 0.419. The molecule has 0 spiro atoms. The molecule has 0 atom stereocenters. The first-order chi connectivity index (χ1) is 10.2. The van der Waals surface area contributed by atoms with E-state index in [1.165, 1.54) is 0 Å². The molecule has 0 aliphatic rings. The van der Waals surface area contributed by atoms with Crippen molar-refractivity contribution in [3.05, 3.63) is 34.1 Å². The van der Waals surface area contributed by atoms with Crippen molar-refractivity contribution in [2.75, 3.05) is 19.0 Å². The van der Waals surface area contributed by atoms with Crippen LogP contribution in [-0.4, -0.2) is 28.6 Å². The van der Waals surface area contributed by atoms with Crippen molar-refractivity contribution in [1.29, 1.82) is 0 Å². The summed E-state index contributed by atoms with van der Waals surface area (Å²) in [6, 6.07) is 3.91. The quantitative estimate of drug-likeness (QED) is 0.862. The van der Waals surface area contributed by atoms with Gasteiger partial charge in [0.2, 0.25) is 0 Å². The number of hydrogen-bond acceptors (Lipinski definition) is 5. The highest BCUT2D eigenvalue weighted by Gasteiger charge is 2.15. The number of nitrogens with zero attached hydrogens (tertiary/aromatic N) is 3. The molecule has 2 aromatic rings. The highest BCUT2D eigenvalue weighted by Crippen LogP contribution is 2.28. The van der Waals surface area contributed by atoms with Crippen molar-refractivity contribution >= 4 is 21.7 Å². The summed E-state index contributed by atoms with van der Waals surface area (Å²) in [6.45, 7) is 5.39. The second-order valence-corrected chi connectivity index (χ2v) is 5.48. The summed E-state index contributed by atoms with van der Waals surface area (Å²) in [5.41, 5.74) is 2.65. The Hall–Kier alpha value is -1.53. The summed E-state index contributed by atoms with van der Waals surface area (Å²) < 4.78 is 6.06. The lowest BCUT2D eigenvalue weighted by molar-refractivity contribution is 0.181. The van der Waals surface area contributed by atoms with Crippen molar-refractivity contribution in [2.45, 2.75) is 26.9 Å². The number of hydrogen-bond donors (Lipinski definition) is 1. The lowest BCUT2D eigenvalue weighted by atomic mass is 10.2. The lowest BCUT2D eigenvalue weighted by Crippen LogP contribution is -2.08. The van der Waals surface area contributed by atoms with E-state index in [-0.39, 0.29) is 0 Å². The van der Waals surface area contributed by atoms with Gasteiger partial charge in [-0.05, 0) is 40.9 Å². The summed E-state index contributed by atoms with van der Waals surface area (Å²) in [5, 5.41) is 3.31. The molecule has 0 unspecified atom stereocenters. The van der Waals surface area contributed by atoms with E-state index in [2.05, 4.69) is 43.1 Å². The standard InChI is InChI=1S/C15H19BrN4O/c1-4-7-18-14-12(16)11(9-21-3)19-15(20-14)13-10(2)6-5-8-17-13/h5-6,8H,4,7,9H2,1-3H3,(H,18,19,20). The predicted molar refractivity (Wildman–Crippen MR) is 87.2 cm³/mol. The van der Waals surface area contributed by atoms with Gasteiger partial charge in [0.05, 0.1) is 16.8 Å². The summed E-state index contributed by atoms with van der Waals surface area (Å²) in [7, 11) is 1.65. The summed E-state index contributed by atoms with van der Waals surface area (Å²) >= 11 is 3.55. The Kier molecular flexibility index (Phi) is 5.64. The van der Waals surface area contributed by atoms with Crippen LogP contribution in [0, 0.1) is 6.92 Å². The minimum Gasteiger partial charge on any atom is -0.378 e. The summed E-state index contributed by atoms with van der Waals surface area (Å²) in [4.78, 5) is 13.6. The van der Waals surface area contributed by atoms with Crippen LogP contribution in [0.1, 0.15) is 24.6 Å². The van der Waals surface area contributed by atoms with Gasteiger partial charge in [-0.2, -0.15) is 0 Å². The van der Waals surface area contributed by atoms with Crippen LogP contribution in [-0.2, 0) is 11.3 Å². The largest absolute Gasteiger partial charge is 0.378 e. The molecule has 2 rings (SSSR count). The van der Waals surface area contributed by atoms with E-state index >= 15 is 0 Å². The van der Waals surface area contributed by atoms with Crippen molar-refractivity contribution in [3.8, 4) is 11.5 Å². The molecular formula is C15H19BrN4O. The normalized spacial score (nSPS) is 10.7. The minimum atomic E-state index is 0.419. The zero-order chi connectivity index (χ0) is 15.2. The third-order valence-electron chi connectivity index (χ3n) is 2.96. The van der Waals surface area contributed by atoms with Crippen LogP contribution < -0.4 is 5.32 Å². The Morgan fingerprint density at radius 1 is 1.33 bits per heavy atom. The Morgan fingerprint density at radius 2 is 2.14 bits per heavy atom. The van der Waals surface area contributed by atoms with Crippen LogP contribution in [0.4, 0.5) is 5.82 Å². The fourth-order valence-corrected chi connectivity index (χ4v) is 2.34. The molecule has 0 aromatic carbocycles. The second-order valence-electron chi connectivity index (χ2n) is 4.69. The molecule has 0 saturated heterocycles. The van der Waals surface area contributed by atoms with Gasteiger partial charge in [-0.15, -0.1) is 0 Å². The maximum atomic E-state index is 5.22. The van der Waals surface area contributed by atoms with Gasteiger partial charge in [0.25, 0.3) is 0 Å². The van der Waals surface area contributed by atoms with Gasteiger partial charge in [-0.1, -0.05) is 13.0 Å². The van der Waals surface area contributed by atoms with E-state index in [9.17, 15) is 0 Å². The molecule has 6 heteroatoms. The second kappa shape index (κ2) is 7.47. The fourth-order valence-electron chi connectivity index (χ4n) is 1.91. The highest BCUT2D eigenvalue weighted by atomic mass is 79.9. The number of halogens is 1. The molecule has 2 aromatic heterocycles. The van der Waals surface area contributed by atoms with E-state index in [0.717, 1.165) is 40.2 Å². The molecule has 1 N–H and O–H groups in total. The molecule has 0 amide bonds. The SMILES string of the molecule is CCCNc1nc(-c2ncccc2C)nc(COC)c1Br. The van der Waals surface area contributed by atoms with Crippen LogP contribution in [0.5, 0.6) is 0 Å². The maximum Gasteiger partial charge on any atom is 0.180 e. The van der Waals surface area contributed by atoms with Crippen LogP contribution in [0.25, 0.3) is 11.5 Å². The van der Waals surface area contributed by atoms with Gasteiger partial charge >= 0.3 is 0 Å². The average molecular weight is 351 g/mol. The van der Waals surface area contributed by atoms with E-state index in [1.807, 2.05) is 19.1 Å². The van der Waals surface area contributed by atoms with Crippen molar-refractivity contribution < 1.29 is 4.74 Å². The molecular weight excluding hydrogens is 332 g/mol. The van der Waals surface area contributed by atoms with E-state index in [0.29, 0.717) is 12.4 Å². The van der Waals surface area contributed by atoms with Crippen LogP contribution >= 0.6 is 15.9 Å².